The molecule has 0 radical (unpaired) electrons. The minimum Gasteiger partial charge on any atom is -0.497 e. The van der Waals surface area contributed by atoms with E-state index in [1.54, 1.807) is 43.5 Å². The molecule has 0 unspecified atom stereocenters. The van der Waals surface area contributed by atoms with Crippen LogP contribution in [0, 0.1) is 0 Å². The van der Waals surface area contributed by atoms with Crippen molar-refractivity contribution in [2.75, 3.05) is 17.1 Å². The number of hydrogen-bond acceptors (Lipinski definition) is 5. The van der Waals surface area contributed by atoms with Gasteiger partial charge in [-0.1, -0.05) is 15.9 Å². The van der Waals surface area contributed by atoms with Crippen molar-refractivity contribution >= 4 is 55.0 Å². The zero-order valence-electron chi connectivity index (χ0n) is 16.8. The molecule has 0 aromatic heterocycles. The molecule has 9 heteroatoms. The number of hydrogen-bond donors (Lipinski definition) is 2. The first-order valence-electron chi connectivity index (χ1n) is 9.27. The highest BCUT2D eigenvalue weighted by atomic mass is 79.9. The fourth-order valence-electron chi connectivity index (χ4n) is 2.61. The molecule has 162 valence electrons. The van der Waals surface area contributed by atoms with Gasteiger partial charge < -0.3 is 10.1 Å². The van der Waals surface area contributed by atoms with Gasteiger partial charge in [0.05, 0.1) is 17.3 Å². The smallest absolute Gasteiger partial charge is 0.261 e. The Bertz CT molecular complexity index is 1130. The van der Waals surface area contributed by atoms with Crippen molar-refractivity contribution in [3.8, 4) is 5.75 Å². The molecule has 0 heterocycles. The lowest BCUT2D eigenvalue weighted by atomic mass is 10.3. The largest absolute Gasteiger partial charge is 0.497 e. The predicted molar refractivity (Wildman–Crippen MR) is 128 cm³/mol. The van der Waals surface area contributed by atoms with E-state index in [9.17, 15) is 13.2 Å². The Kier molecular flexibility index (Phi) is 7.64. The van der Waals surface area contributed by atoms with Gasteiger partial charge in [0.25, 0.3) is 10.0 Å². The van der Waals surface area contributed by atoms with Crippen LogP contribution in [-0.2, 0) is 14.8 Å². The number of halogens is 1. The standard InChI is InChI=1S/C22H21BrN2O4S2/c1-15(30-20-11-9-19(29-2)10-12-20)22(26)24-17-7-13-21(14-8-17)31(27,28)25-18-5-3-16(23)4-6-18/h3-15,25H,1-2H3,(H,24,26)/t15-/m0/s1. The van der Waals surface area contributed by atoms with Crippen LogP contribution < -0.4 is 14.8 Å². The molecule has 0 bridgehead atoms. The topological polar surface area (TPSA) is 84.5 Å². The van der Waals surface area contributed by atoms with Gasteiger partial charge >= 0.3 is 0 Å². The van der Waals surface area contributed by atoms with Crippen molar-refractivity contribution in [2.45, 2.75) is 22.0 Å². The summed E-state index contributed by atoms with van der Waals surface area (Å²) in [7, 11) is -2.12. The van der Waals surface area contributed by atoms with Crippen LogP contribution in [0.4, 0.5) is 11.4 Å². The monoisotopic (exact) mass is 520 g/mol. The summed E-state index contributed by atoms with van der Waals surface area (Å²) in [6.07, 6.45) is 0. The molecule has 3 aromatic carbocycles. The first kappa shape index (κ1) is 23.2. The van der Waals surface area contributed by atoms with Crippen LogP contribution in [0.3, 0.4) is 0 Å². The van der Waals surface area contributed by atoms with E-state index in [-0.39, 0.29) is 16.1 Å². The van der Waals surface area contributed by atoms with E-state index in [4.69, 9.17) is 4.74 Å². The van der Waals surface area contributed by atoms with E-state index in [0.717, 1.165) is 15.1 Å². The molecule has 3 rings (SSSR count). The third kappa shape index (κ3) is 6.49. The first-order valence-corrected chi connectivity index (χ1v) is 12.4. The quantitative estimate of drug-likeness (QED) is 0.389. The summed E-state index contributed by atoms with van der Waals surface area (Å²) in [5, 5.41) is 2.48. The van der Waals surface area contributed by atoms with E-state index in [1.165, 1.54) is 23.9 Å². The van der Waals surface area contributed by atoms with Gasteiger partial charge in [-0.05, 0) is 79.7 Å². The van der Waals surface area contributed by atoms with Gasteiger partial charge in [0.2, 0.25) is 5.91 Å². The van der Waals surface area contributed by atoms with Crippen LogP contribution in [0.2, 0.25) is 0 Å². The Morgan fingerprint density at radius 1 is 0.935 bits per heavy atom. The van der Waals surface area contributed by atoms with Crippen LogP contribution in [0.15, 0.2) is 87.1 Å². The highest BCUT2D eigenvalue weighted by molar-refractivity contribution is 9.10. The Morgan fingerprint density at radius 2 is 1.52 bits per heavy atom. The number of methoxy groups -OCH3 is 1. The van der Waals surface area contributed by atoms with E-state index >= 15 is 0 Å². The lowest BCUT2D eigenvalue weighted by molar-refractivity contribution is -0.115. The Hall–Kier alpha value is -2.49. The first-order chi connectivity index (χ1) is 14.8. The number of amides is 1. The summed E-state index contributed by atoms with van der Waals surface area (Å²) in [5.74, 6) is 0.579. The number of rotatable bonds is 8. The fraction of sp³-hybridized carbons (Fsp3) is 0.136. The molecule has 0 aliphatic carbocycles. The maximum Gasteiger partial charge on any atom is 0.261 e. The van der Waals surface area contributed by atoms with Gasteiger partial charge in [-0.15, -0.1) is 11.8 Å². The number of sulfonamides is 1. The third-order valence-electron chi connectivity index (χ3n) is 4.27. The van der Waals surface area contributed by atoms with Gasteiger partial charge in [-0.2, -0.15) is 0 Å². The molecule has 2 N–H and O–H groups in total. The molecule has 1 amide bonds. The highest BCUT2D eigenvalue weighted by Gasteiger charge is 2.17. The minimum atomic E-state index is -3.73. The summed E-state index contributed by atoms with van der Waals surface area (Å²) in [6.45, 7) is 1.81. The van der Waals surface area contributed by atoms with Gasteiger partial charge in [0, 0.05) is 20.7 Å². The Morgan fingerprint density at radius 3 is 2.10 bits per heavy atom. The van der Waals surface area contributed by atoms with Gasteiger partial charge in [0.15, 0.2) is 0 Å². The molecule has 6 nitrogen and oxygen atoms in total. The second kappa shape index (κ2) is 10.2. The molecule has 0 spiro atoms. The maximum atomic E-state index is 12.6. The lowest BCUT2D eigenvalue weighted by Gasteiger charge is -2.13. The van der Waals surface area contributed by atoms with Crippen molar-refractivity contribution in [3.63, 3.8) is 0 Å². The van der Waals surface area contributed by atoms with Crippen molar-refractivity contribution in [1.82, 2.24) is 0 Å². The van der Waals surface area contributed by atoms with Crippen LogP contribution in [-0.4, -0.2) is 26.7 Å². The molecular formula is C22H21BrN2O4S2. The molecule has 0 fully saturated rings. The molecular weight excluding hydrogens is 500 g/mol. The number of nitrogens with one attached hydrogen (secondary N) is 2. The number of thioether (sulfide) groups is 1. The number of carbonyl (C=O) groups excluding carboxylic acids is 1. The van der Waals surface area contributed by atoms with Crippen LogP contribution >= 0.6 is 27.7 Å². The van der Waals surface area contributed by atoms with Crippen molar-refractivity contribution in [3.05, 3.63) is 77.3 Å². The van der Waals surface area contributed by atoms with Gasteiger partial charge in [-0.25, -0.2) is 8.42 Å². The molecule has 0 saturated carbocycles. The molecule has 0 saturated heterocycles. The molecule has 0 aliphatic rings. The number of anilines is 2. The summed E-state index contributed by atoms with van der Waals surface area (Å²) in [6, 6.07) is 20.4. The maximum absolute atomic E-state index is 12.6. The molecule has 31 heavy (non-hydrogen) atoms. The van der Waals surface area contributed by atoms with E-state index in [1.807, 2.05) is 31.2 Å². The second-order valence-corrected chi connectivity index (χ2v) is 10.6. The molecule has 3 aromatic rings. The summed E-state index contributed by atoms with van der Waals surface area (Å²) < 4.78 is 33.6. The summed E-state index contributed by atoms with van der Waals surface area (Å²) in [4.78, 5) is 13.6. The van der Waals surface area contributed by atoms with Crippen molar-refractivity contribution in [2.24, 2.45) is 0 Å². The Balaban J connectivity index is 1.61. The van der Waals surface area contributed by atoms with E-state index in [0.29, 0.717) is 11.4 Å². The van der Waals surface area contributed by atoms with Crippen LogP contribution in [0.25, 0.3) is 0 Å². The molecule has 1 atom stereocenters. The minimum absolute atomic E-state index is 0.106. The van der Waals surface area contributed by atoms with Gasteiger partial charge in [0.1, 0.15) is 5.75 Å². The predicted octanol–water partition coefficient (Wildman–Crippen LogP) is 5.38. The number of benzene rings is 3. The average Bonchev–Trinajstić information content (AvgIpc) is 2.76. The van der Waals surface area contributed by atoms with Crippen LogP contribution in [0.5, 0.6) is 5.75 Å². The SMILES string of the molecule is COc1ccc(S[C@@H](C)C(=O)Nc2ccc(S(=O)(=O)Nc3ccc(Br)cc3)cc2)cc1. The lowest BCUT2D eigenvalue weighted by Crippen LogP contribution is -2.22. The third-order valence-corrected chi connectivity index (χ3v) is 7.31. The number of ether oxygens (including phenoxy) is 1. The fourth-order valence-corrected chi connectivity index (χ4v) is 4.80. The zero-order chi connectivity index (χ0) is 22.4. The summed E-state index contributed by atoms with van der Waals surface area (Å²) in [5.41, 5.74) is 0.986. The molecule has 0 aliphatic heterocycles. The van der Waals surface area contributed by atoms with Crippen LogP contribution in [0.1, 0.15) is 6.92 Å². The highest BCUT2D eigenvalue weighted by Crippen LogP contribution is 2.26. The van der Waals surface area contributed by atoms with Crippen molar-refractivity contribution in [1.29, 1.82) is 0 Å². The van der Waals surface area contributed by atoms with Crippen molar-refractivity contribution < 1.29 is 17.9 Å². The van der Waals surface area contributed by atoms with E-state index < -0.39 is 10.0 Å². The van der Waals surface area contributed by atoms with Gasteiger partial charge in [-0.3, -0.25) is 9.52 Å². The second-order valence-electron chi connectivity index (χ2n) is 6.56. The Labute approximate surface area is 194 Å². The average molecular weight is 521 g/mol. The summed E-state index contributed by atoms with van der Waals surface area (Å²) >= 11 is 4.74. The zero-order valence-corrected chi connectivity index (χ0v) is 20.1. The normalized spacial score (nSPS) is 12.1. The number of carbonyl (C=O) groups is 1. The van der Waals surface area contributed by atoms with E-state index in [2.05, 4.69) is 26.0 Å².